The van der Waals surface area contributed by atoms with E-state index in [1.54, 1.807) is 6.26 Å². The fraction of sp³-hybridized carbons (Fsp3) is 0.500. The molecule has 136 valence electrons. The van der Waals surface area contributed by atoms with Gasteiger partial charge in [-0.2, -0.15) is 0 Å². The molecule has 0 bridgehead atoms. The molecule has 5 nitrogen and oxygen atoms in total. The molecule has 2 heterocycles. The van der Waals surface area contributed by atoms with Crippen molar-refractivity contribution in [2.75, 3.05) is 39.3 Å². The highest BCUT2D eigenvalue weighted by Gasteiger charge is 2.17. The third kappa shape index (κ3) is 6.29. The van der Waals surface area contributed by atoms with Crippen LogP contribution in [0.15, 0.2) is 53.1 Å². The number of ether oxygens (including phenoxy) is 1. The summed E-state index contributed by atoms with van der Waals surface area (Å²) < 4.78 is 10.8. The second-order valence-electron chi connectivity index (χ2n) is 6.66. The van der Waals surface area contributed by atoms with Gasteiger partial charge < -0.3 is 14.3 Å². The molecule has 1 saturated heterocycles. The summed E-state index contributed by atoms with van der Waals surface area (Å²) in [6.07, 6.45) is 2.30. The lowest BCUT2D eigenvalue weighted by Crippen LogP contribution is -2.37. The van der Waals surface area contributed by atoms with Gasteiger partial charge in [-0.3, -0.25) is 9.80 Å². The molecule has 0 amide bonds. The molecule has 1 aliphatic heterocycles. The SMILES string of the molecule is OC(COCc1ccco1)CN1CCCN(Cc2ccccc2)CC1. The number of rotatable bonds is 8. The Morgan fingerprint density at radius 3 is 2.60 bits per heavy atom. The molecule has 3 rings (SSSR count). The largest absolute Gasteiger partial charge is 0.467 e. The van der Waals surface area contributed by atoms with Crippen LogP contribution in [0.5, 0.6) is 0 Å². The number of aliphatic hydroxyl groups excluding tert-OH is 1. The van der Waals surface area contributed by atoms with E-state index in [9.17, 15) is 5.11 Å². The summed E-state index contributed by atoms with van der Waals surface area (Å²) in [5.74, 6) is 0.790. The van der Waals surface area contributed by atoms with Crippen molar-refractivity contribution >= 4 is 0 Å². The van der Waals surface area contributed by atoms with Crippen LogP contribution in [0.1, 0.15) is 17.7 Å². The van der Waals surface area contributed by atoms with Gasteiger partial charge >= 0.3 is 0 Å². The number of β-amino-alcohol motifs (C(OH)–C–C–N with tert-alkyl or cyclic N) is 1. The van der Waals surface area contributed by atoms with Gasteiger partial charge in [0.15, 0.2) is 0 Å². The fourth-order valence-corrected chi connectivity index (χ4v) is 3.25. The number of benzene rings is 1. The lowest BCUT2D eigenvalue weighted by Gasteiger charge is -2.24. The van der Waals surface area contributed by atoms with Crippen LogP contribution in [0.2, 0.25) is 0 Å². The third-order valence-corrected chi connectivity index (χ3v) is 4.53. The van der Waals surface area contributed by atoms with Gasteiger partial charge in [0.2, 0.25) is 0 Å². The molecule has 1 atom stereocenters. The van der Waals surface area contributed by atoms with E-state index in [-0.39, 0.29) is 0 Å². The molecule has 1 aliphatic rings. The Labute approximate surface area is 149 Å². The summed E-state index contributed by atoms with van der Waals surface area (Å²) in [6, 6.07) is 14.3. The summed E-state index contributed by atoms with van der Waals surface area (Å²) in [5, 5.41) is 10.2. The van der Waals surface area contributed by atoms with Crippen molar-refractivity contribution in [1.29, 1.82) is 0 Å². The lowest BCUT2D eigenvalue weighted by atomic mass is 10.2. The van der Waals surface area contributed by atoms with Crippen LogP contribution in [0.25, 0.3) is 0 Å². The Hall–Kier alpha value is -1.66. The van der Waals surface area contributed by atoms with Gasteiger partial charge in [-0.15, -0.1) is 0 Å². The first-order valence-corrected chi connectivity index (χ1v) is 9.06. The molecule has 0 spiro atoms. The Morgan fingerprint density at radius 2 is 1.80 bits per heavy atom. The minimum Gasteiger partial charge on any atom is -0.467 e. The van der Waals surface area contributed by atoms with Crippen molar-refractivity contribution in [3.63, 3.8) is 0 Å². The summed E-state index contributed by atoms with van der Waals surface area (Å²) in [6.45, 7) is 6.58. The number of nitrogens with zero attached hydrogens (tertiary/aromatic N) is 2. The second kappa shape index (κ2) is 9.73. The number of aliphatic hydroxyl groups is 1. The predicted octanol–water partition coefficient (Wildman–Crippen LogP) is 2.37. The lowest BCUT2D eigenvalue weighted by molar-refractivity contribution is 0.00565. The van der Waals surface area contributed by atoms with Crippen LogP contribution < -0.4 is 0 Å². The summed E-state index contributed by atoms with van der Waals surface area (Å²) >= 11 is 0. The molecule has 1 aromatic heterocycles. The molecule has 5 heteroatoms. The monoisotopic (exact) mass is 344 g/mol. The molecule has 0 aliphatic carbocycles. The van der Waals surface area contributed by atoms with Gasteiger partial charge in [-0.05, 0) is 37.2 Å². The van der Waals surface area contributed by atoms with E-state index in [2.05, 4.69) is 40.1 Å². The van der Waals surface area contributed by atoms with Crippen molar-refractivity contribution in [3.8, 4) is 0 Å². The molecular weight excluding hydrogens is 316 g/mol. The number of hydrogen-bond donors (Lipinski definition) is 1. The molecule has 0 saturated carbocycles. The predicted molar refractivity (Wildman–Crippen MR) is 97.1 cm³/mol. The van der Waals surface area contributed by atoms with E-state index < -0.39 is 6.10 Å². The maximum atomic E-state index is 10.2. The van der Waals surface area contributed by atoms with Gasteiger partial charge in [0, 0.05) is 26.2 Å². The standard InChI is InChI=1S/C20H28N2O3/c23-19(16-24-17-20-8-4-13-25-20)15-22-10-5-9-21(11-12-22)14-18-6-2-1-3-7-18/h1-4,6-8,13,19,23H,5,9-12,14-17H2. The average molecular weight is 344 g/mol. The van der Waals surface area contributed by atoms with Crippen LogP contribution in [0, 0.1) is 0 Å². The maximum Gasteiger partial charge on any atom is 0.129 e. The van der Waals surface area contributed by atoms with E-state index >= 15 is 0 Å². The summed E-state index contributed by atoms with van der Waals surface area (Å²) in [4.78, 5) is 4.83. The average Bonchev–Trinajstić information content (AvgIpc) is 3.04. The topological polar surface area (TPSA) is 49.1 Å². The number of hydrogen-bond acceptors (Lipinski definition) is 5. The molecule has 1 aromatic carbocycles. The van der Waals surface area contributed by atoms with Gasteiger partial charge in [0.1, 0.15) is 12.4 Å². The molecule has 0 radical (unpaired) electrons. The first kappa shape index (κ1) is 18.1. The van der Waals surface area contributed by atoms with Crippen molar-refractivity contribution in [2.24, 2.45) is 0 Å². The molecule has 2 aromatic rings. The Kier molecular flexibility index (Phi) is 7.06. The van der Waals surface area contributed by atoms with Crippen LogP contribution in [-0.2, 0) is 17.9 Å². The minimum atomic E-state index is -0.462. The zero-order valence-corrected chi connectivity index (χ0v) is 14.7. The highest BCUT2D eigenvalue weighted by atomic mass is 16.5. The zero-order chi connectivity index (χ0) is 17.3. The zero-order valence-electron chi connectivity index (χ0n) is 14.7. The first-order chi connectivity index (χ1) is 12.3. The highest BCUT2D eigenvalue weighted by molar-refractivity contribution is 5.14. The van der Waals surface area contributed by atoms with E-state index in [4.69, 9.17) is 9.15 Å². The van der Waals surface area contributed by atoms with Gasteiger partial charge in [-0.1, -0.05) is 30.3 Å². The first-order valence-electron chi connectivity index (χ1n) is 9.06. The second-order valence-corrected chi connectivity index (χ2v) is 6.66. The maximum absolute atomic E-state index is 10.2. The normalized spacial score (nSPS) is 18.1. The Balaban J connectivity index is 1.36. The van der Waals surface area contributed by atoms with Crippen molar-refractivity contribution in [1.82, 2.24) is 9.80 Å². The molecule has 25 heavy (non-hydrogen) atoms. The van der Waals surface area contributed by atoms with E-state index in [1.165, 1.54) is 5.56 Å². The summed E-state index contributed by atoms with van der Waals surface area (Å²) in [5.41, 5.74) is 1.36. The van der Waals surface area contributed by atoms with Gasteiger partial charge in [0.25, 0.3) is 0 Å². The van der Waals surface area contributed by atoms with Gasteiger partial charge in [0.05, 0.1) is 19.0 Å². The van der Waals surface area contributed by atoms with Crippen LogP contribution in [0.3, 0.4) is 0 Å². The number of furan rings is 1. The minimum absolute atomic E-state index is 0.338. The van der Waals surface area contributed by atoms with Gasteiger partial charge in [-0.25, -0.2) is 0 Å². The van der Waals surface area contributed by atoms with Crippen molar-refractivity contribution in [2.45, 2.75) is 25.7 Å². The molecule has 1 unspecified atom stereocenters. The smallest absolute Gasteiger partial charge is 0.129 e. The van der Waals surface area contributed by atoms with Crippen molar-refractivity contribution in [3.05, 3.63) is 60.1 Å². The highest BCUT2D eigenvalue weighted by Crippen LogP contribution is 2.10. The van der Waals surface area contributed by atoms with E-state index in [0.29, 0.717) is 19.8 Å². The Bertz CT molecular complexity index is 588. The molecular formula is C20H28N2O3. The quantitative estimate of drug-likeness (QED) is 0.797. The third-order valence-electron chi connectivity index (χ3n) is 4.53. The van der Waals surface area contributed by atoms with E-state index in [1.807, 2.05) is 12.1 Å². The van der Waals surface area contributed by atoms with Crippen LogP contribution >= 0.6 is 0 Å². The molecule has 1 N–H and O–H groups in total. The van der Waals surface area contributed by atoms with E-state index in [0.717, 1.165) is 44.9 Å². The molecule has 1 fully saturated rings. The van der Waals surface area contributed by atoms with Crippen LogP contribution in [-0.4, -0.2) is 60.3 Å². The summed E-state index contributed by atoms with van der Waals surface area (Å²) in [7, 11) is 0. The van der Waals surface area contributed by atoms with Crippen LogP contribution in [0.4, 0.5) is 0 Å². The van der Waals surface area contributed by atoms with Crippen molar-refractivity contribution < 1.29 is 14.3 Å². The Morgan fingerprint density at radius 1 is 1.00 bits per heavy atom. The fourth-order valence-electron chi connectivity index (χ4n) is 3.25.